The van der Waals surface area contributed by atoms with E-state index >= 15 is 0 Å². The van der Waals surface area contributed by atoms with Gasteiger partial charge in [-0.15, -0.1) is 10.2 Å². The normalized spacial score (nSPS) is 15.2. The fourth-order valence-electron chi connectivity index (χ4n) is 4.49. The number of halogens is 1. The average molecular weight is 523 g/mol. The van der Waals surface area contributed by atoms with Gasteiger partial charge in [-0.05, 0) is 40.8 Å². The standard InChI is InChI=1S/C26H31ClN8O2/c27-21-12-8-18(9-13-21)15-23(36)31-26(28)30-22(14-17-4-2-1-3-5-17)25(37)29-16-19-6-10-20(11-7-19)24-32-34-35-33-24/h6-13,17,22H,1-5,14-16H2,(H,29,37)(H3,28,30,31,36)(H,32,33,34,35). The lowest BCUT2D eigenvalue weighted by Crippen LogP contribution is -2.42. The molecule has 194 valence electrons. The third-order valence-corrected chi connectivity index (χ3v) is 6.70. The fourth-order valence-corrected chi connectivity index (χ4v) is 4.62. The van der Waals surface area contributed by atoms with Crippen molar-refractivity contribution in [1.82, 2.24) is 31.3 Å². The Kier molecular flexibility index (Phi) is 9.20. The molecule has 1 unspecified atom stereocenters. The van der Waals surface area contributed by atoms with Gasteiger partial charge in [-0.25, -0.2) is 4.99 Å². The molecule has 11 heteroatoms. The average Bonchev–Trinajstić information content (AvgIpc) is 3.44. The van der Waals surface area contributed by atoms with Crippen LogP contribution in [0.15, 0.2) is 53.5 Å². The Morgan fingerprint density at radius 3 is 2.43 bits per heavy atom. The van der Waals surface area contributed by atoms with E-state index in [4.69, 9.17) is 17.3 Å². The SMILES string of the molecule is NC(=NC(CC1CCCCC1)C(=O)NCc1ccc(-c2nn[nH]n2)cc1)NC(=O)Cc1ccc(Cl)cc1. The number of carbonyl (C=O) groups is 2. The van der Waals surface area contributed by atoms with Crippen LogP contribution >= 0.6 is 11.6 Å². The summed E-state index contributed by atoms with van der Waals surface area (Å²) in [7, 11) is 0. The summed E-state index contributed by atoms with van der Waals surface area (Å²) in [5.74, 6) is 0.329. The van der Waals surface area contributed by atoms with Crippen molar-refractivity contribution in [2.75, 3.05) is 0 Å². The first-order valence-corrected chi connectivity index (χ1v) is 12.8. The van der Waals surface area contributed by atoms with E-state index in [0.717, 1.165) is 42.4 Å². The number of rotatable bonds is 9. The lowest BCUT2D eigenvalue weighted by molar-refractivity contribution is -0.123. The highest BCUT2D eigenvalue weighted by Gasteiger charge is 2.24. The minimum Gasteiger partial charge on any atom is -0.370 e. The molecule has 1 heterocycles. The van der Waals surface area contributed by atoms with Gasteiger partial charge in [0.05, 0.1) is 6.42 Å². The molecule has 0 aliphatic heterocycles. The zero-order valence-electron chi connectivity index (χ0n) is 20.5. The molecular weight excluding hydrogens is 492 g/mol. The molecule has 10 nitrogen and oxygen atoms in total. The summed E-state index contributed by atoms with van der Waals surface area (Å²) in [4.78, 5) is 30.0. The predicted octanol–water partition coefficient (Wildman–Crippen LogP) is 3.15. The van der Waals surface area contributed by atoms with E-state index in [1.54, 1.807) is 24.3 Å². The van der Waals surface area contributed by atoms with Crippen molar-refractivity contribution >= 4 is 29.4 Å². The lowest BCUT2D eigenvalue weighted by Gasteiger charge is -2.24. The van der Waals surface area contributed by atoms with Gasteiger partial charge in [0.2, 0.25) is 17.6 Å². The first-order chi connectivity index (χ1) is 18.0. The van der Waals surface area contributed by atoms with E-state index in [1.807, 2.05) is 24.3 Å². The molecule has 1 aromatic heterocycles. The molecule has 1 saturated carbocycles. The number of nitrogens with zero attached hydrogens (tertiary/aromatic N) is 4. The summed E-state index contributed by atoms with van der Waals surface area (Å²) < 4.78 is 0. The molecular formula is C26H31ClN8O2. The zero-order valence-corrected chi connectivity index (χ0v) is 21.2. The van der Waals surface area contributed by atoms with Gasteiger partial charge in [0, 0.05) is 17.1 Å². The maximum Gasteiger partial charge on any atom is 0.245 e. The second kappa shape index (κ2) is 13.0. The summed E-state index contributed by atoms with van der Waals surface area (Å²) in [5.41, 5.74) is 8.61. The summed E-state index contributed by atoms with van der Waals surface area (Å²) in [6, 6.07) is 13.9. The molecule has 1 aliphatic carbocycles. The number of aromatic nitrogens is 4. The number of hydrogen-bond donors (Lipinski definition) is 4. The number of aliphatic imine (C=N–C) groups is 1. The number of amides is 2. The minimum atomic E-state index is -0.683. The van der Waals surface area contributed by atoms with Gasteiger partial charge < -0.3 is 11.1 Å². The molecule has 1 atom stereocenters. The number of guanidine groups is 1. The van der Waals surface area contributed by atoms with Crippen LogP contribution in [0.5, 0.6) is 0 Å². The summed E-state index contributed by atoms with van der Waals surface area (Å²) in [6.45, 7) is 0.338. The number of H-pyrrole nitrogens is 1. The summed E-state index contributed by atoms with van der Waals surface area (Å²) >= 11 is 5.91. The highest BCUT2D eigenvalue weighted by Crippen LogP contribution is 2.28. The Hall–Kier alpha value is -3.79. The Balaban J connectivity index is 1.37. The van der Waals surface area contributed by atoms with Crippen molar-refractivity contribution in [3.05, 3.63) is 64.7 Å². The molecule has 0 saturated heterocycles. The number of hydrogen-bond acceptors (Lipinski definition) is 6. The molecule has 0 radical (unpaired) electrons. The van der Waals surface area contributed by atoms with Crippen LogP contribution in [-0.2, 0) is 22.6 Å². The predicted molar refractivity (Wildman–Crippen MR) is 141 cm³/mol. The van der Waals surface area contributed by atoms with Crippen molar-refractivity contribution in [1.29, 1.82) is 0 Å². The fraction of sp³-hybridized carbons (Fsp3) is 0.385. The summed E-state index contributed by atoms with van der Waals surface area (Å²) in [5, 5.41) is 20.1. The highest BCUT2D eigenvalue weighted by atomic mass is 35.5. The van der Waals surface area contributed by atoms with Crippen molar-refractivity contribution < 1.29 is 9.59 Å². The molecule has 2 amide bonds. The van der Waals surface area contributed by atoms with E-state index in [0.29, 0.717) is 29.7 Å². The van der Waals surface area contributed by atoms with Crippen LogP contribution in [0.2, 0.25) is 5.02 Å². The third kappa shape index (κ3) is 8.11. The van der Waals surface area contributed by atoms with E-state index in [2.05, 4.69) is 36.3 Å². The molecule has 5 N–H and O–H groups in total. The maximum absolute atomic E-state index is 13.2. The van der Waals surface area contributed by atoms with Crippen LogP contribution in [0, 0.1) is 5.92 Å². The van der Waals surface area contributed by atoms with Crippen molar-refractivity contribution in [3.8, 4) is 11.4 Å². The van der Waals surface area contributed by atoms with Gasteiger partial charge in [-0.1, -0.05) is 80.1 Å². The third-order valence-electron chi connectivity index (χ3n) is 6.45. The molecule has 4 rings (SSSR count). The van der Waals surface area contributed by atoms with Gasteiger partial charge >= 0.3 is 0 Å². The van der Waals surface area contributed by atoms with Gasteiger partial charge in [0.25, 0.3) is 0 Å². The van der Waals surface area contributed by atoms with Crippen LogP contribution in [0.4, 0.5) is 0 Å². The number of aromatic amines is 1. The second-order valence-corrected chi connectivity index (χ2v) is 9.71. The minimum absolute atomic E-state index is 0.0561. The number of benzene rings is 2. The Morgan fingerprint density at radius 2 is 1.76 bits per heavy atom. The highest BCUT2D eigenvalue weighted by molar-refractivity contribution is 6.30. The van der Waals surface area contributed by atoms with Crippen LogP contribution in [-0.4, -0.2) is 44.4 Å². The van der Waals surface area contributed by atoms with Crippen molar-refractivity contribution in [3.63, 3.8) is 0 Å². The number of tetrazole rings is 1. The number of nitrogens with one attached hydrogen (secondary N) is 3. The van der Waals surface area contributed by atoms with Gasteiger partial charge in [-0.2, -0.15) is 5.21 Å². The van der Waals surface area contributed by atoms with E-state index in [1.165, 1.54) is 6.42 Å². The lowest BCUT2D eigenvalue weighted by atomic mass is 9.84. The van der Waals surface area contributed by atoms with E-state index < -0.39 is 6.04 Å². The Morgan fingerprint density at radius 1 is 1.05 bits per heavy atom. The molecule has 0 bridgehead atoms. The molecule has 3 aromatic rings. The van der Waals surface area contributed by atoms with E-state index in [9.17, 15) is 9.59 Å². The van der Waals surface area contributed by atoms with Crippen LogP contribution in [0.3, 0.4) is 0 Å². The maximum atomic E-state index is 13.2. The largest absolute Gasteiger partial charge is 0.370 e. The topological polar surface area (TPSA) is 151 Å². The first-order valence-electron chi connectivity index (χ1n) is 12.4. The molecule has 0 spiro atoms. The van der Waals surface area contributed by atoms with Gasteiger partial charge in [0.15, 0.2) is 5.96 Å². The Labute approximate surface area is 220 Å². The van der Waals surface area contributed by atoms with Crippen molar-refractivity contribution in [2.24, 2.45) is 16.6 Å². The smallest absolute Gasteiger partial charge is 0.245 e. The van der Waals surface area contributed by atoms with Crippen LogP contribution in [0.1, 0.15) is 49.7 Å². The Bertz CT molecular complexity index is 1190. The monoisotopic (exact) mass is 522 g/mol. The quantitative estimate of drug-likeness (QED) is 0.250. The van der Waals surface area contributed by atoms with Crippen LogP contribution in [0.25, 0.3) is 11.4 Å². The first kappa shape index (κ1) is 26.3. The molecule has 1 fully saturated rings. The zero-order chi connectivity index (χ0) is 26.0. The number of carbonyl (C=O) groups excluding carboxylic acids is 2. The van der Waals surface area contributed by atoms with Crippen LogP contribution < -0.4 is 16.4 Å². The van der Waals surface area contributed by atoms with Gasteiger partial charge in [0.1, 0.15) is 6.04 Å². The molecule has 37 heavy (non-hydrogen) atoms. The second-order valence-electron chi connectivity index (χ2n) is 9.27. The van der Waals surface area contributed by atoms with Crippen molar-refractivity contribution in [2.45, 2.75) is 57.5 Å². The summed E-state index contributed by atoms with van der Waals surface area (Å²) in [6.07, 6.45) is 6.40. The van der Waals surface area contributed by atoms with Gasteiger partial charge in [-0.3, -0.25) is 14.9 Å². The van der Waals surface area contributed by atoms with E-state index in [-0.39, 0.29) is 24.2 Å². The number of nitrogens with two attached hydrogens (primary N) is 1. The molecule has 2 aromatic carbocycles. The molecule has 1 aliphatic rings.